The summed E-state index contributed by atoms with van der Waals surface area (Å²) in [6, 6.07) is 9.33. The SMILES string of the molecule is O=C(Nc1nc2c(Cl)ccc(Cl)c2s1)C1CCCN(S(=O)(=O)c2ccc(Cl)cc2)C1. The number of piperidine rings is 1. The number of sulfonamides is 1. The number of amides is 1. The van der Waals surface area contributed by atoms with Crippen molar-refractivity contribution in [1.82, 2.24) is 9.29 Å². The van der Waals surface area contributed by atoms with Gasteiger partial charge in [0.15, 0.2) is 5.13 Å². The zero-order chi connectivity index (χ0) is 21.5. The molecule has 1 aliphatic rings. The number of rotatable bonds is 4. The molecule has 4 rings (SSSR count). The molecule has 30 heavy (non-hydrogen) atoms. The molecule has 1 N–H and O–H groups in total. The van der Waals surface area contributed by atoms with Crippen LogP contribution in [-0.2, 0) is 14.8 Å². The van der Waals surface area contributed by atoms with Crippen LogP contribution < -0.4 is 5.32 Å². The van der Waals surface area contributed by atoms with Crippen molar-refractivity contribution >= 4 is 77.4 Å². The first-order valence-corrected chi connectivity index (χ1v) is 12.5. The van der Waals surface area contributed by atoms with E-state index >= 15 is 0 Å². The number of benzene rings is 2. The lowest BCUT2D eigenvalue weighted by Crippen LogP contribution is -2.43. The summed E-state index contributed by atoms with van der Waals surface area (Å²) in [4.78, 5) is 17.3. The largest absolute Gasteiger partial charge is 0.302 e. The summed E-state index contributed by atoms with van der Waals surface area (Å²) in [6.45, 7) is 0.463. The van der Waals surface area contributed by atoms with E-state index in [-0.39, 0.29) is 17.3 Å². The maximum Gasteiger partial charge on any atom is 0.243 e. The van der Waals surface area contributed by atoms with Crippen molar-refractivity contribution in [2.45, 2.75) is 17.7 Å². The van der Waals surface area contributed by atoms with Gasteiger partial charge in [-0.25, -0.2) is 13.4 Å². The number of halogens is 3. The van der Waals surface area contributed by atoms with Gasteiger partial charge < -0.3 is 5.32 Å². The first kappa shape index (κ1) is 21.8. The van der Waals surface area contributed by atoms with Gasteiger partial charge in [-0.3, -0.25) is 4.79 Å². The second-order valence-corrected chi connectivity index (χ2v) is 11.1. The highest BCUT2D eigenvalue weighted by atomic mass is 35.5. The van der Waals surface area contributed by atoms with E-state index in [1.54, 1.807) is 12.1 Å². The zero-order valence-electron chi connectivity index (χ0n) is 15.4. The number of carbonyl (C=O) groups excluding carboxylic acids is 1. The van der Waals surface area contributed by atoms with E-state index < -0.39 is 15.9 Å². The number of thiazole rings is 1. The van der Waals surface area contributed by atoms with Crippen LogP contribution in [0.2, 0.25) is 15.1 Å². The van der Waals surface area contributed by atoms with Gasteiger partial charge >= 0.3 is 0 Å². The predicted octanol–water partition coefficient (Wildman–Crippen LogP) is 5.30. The smallest absolute Gasteiger partial charge is 0.243 e. The van der Waals surface area contributed by atoms with Crippen molar-refractivity contribution < 1.29 is 13.2 Å². The molecule has 0 spiro atoms. The predicted molar refractivity (Wildman–Crippen MR) is 121 cm³/mol. The third-order valence-electron chi connectivity index (χ3n) is 4.88. The van der Waals surface area contributed by atoms with Crippen molar-refractivity contribution in [3.63, 3.8) is 0 Å². The molecule has 1 fully saturated rings. The Balaban J connectivity index is 1.50. The Morgan fingerprint density at radius 1 is 1.10 bits per heavy atom. The molecule has 0 radical (unpaired) electrons. The zero-order valence-corrected chi connectivity index (χ0v) is 19.3. The summed E-state index contributed by atoms with van der Waals surface area (Å²) in [6.07, 6.45) is 1.17. The molecular formula is C19H16Cl3N3O3S2. The third kappa shape index (κ3) is 4.30. The molecule has 158 valence electrons. The summed E-state index contributed by atoms with van der Waals surface area (Å²) in [5.41, 5.74) is 0.528. The molecule has 6 nitrogen and oxygen atoms in total. The van der Waals surface area contributed by atoms with Crippen molar-refractivity contribution in [3.05, 3.63) is 51.5 Å². The van der Waals surface area contributed by atoms with E-state index in [2.05, 4.69) is 10.3 Å². The van der Waals surface area contributed by atoms with Crippen molar-refractivity contribution in [2.75, 3.05) is 18.4 Å². The normalized spacial score (nSPS) is 17.9. The van der Waals surface area contributed by atoms with E-state index in [1.807, 2.05) is 0 Å². The molecule has 3 aromatic rings. The molecule has 1 amide bonds. The fraction of sp³-hybridized carbons (Fsp3) is 0.263. The Bertz CT molecular complexity index is 1170. The highest BCUT2D eigenvalue weighted by molar-refractivity contribution is 7.89. The molecule has 2 aromatic carbocycles. The van der Waals surface area contributed by atoms with Crippen LogP contribution in [0.3, 0.4) is 0 Å². The summed E-state index contributed by atoms with van der Waals surface area (Å²) in [5.74, 6) is -0.768. The number of anilines is 1. The van der Waals surface area contributed by atoms with E-state index in [0.717, 1.165) is 0 Å². The summed E-state index contributed by atoms with van der Waals surface area (Å²) in [5, 5.41) is 4.58. The topological polar surface area (TPSA) is 79.4 Å². The molecule has 2 heterocycles. The van der Waals surface area contributed by atoms with Gasteiger partial charge in [0, 0.05) is 18.1 Å². The van der Waals surface area contributed by atoms with E-state index in [9.17, 15) is 13.2 Å². The summed E-state index contributed by atoms with van der Waals surface area (Å²) < 4.78 is 27.9. The van der Waals surface area contributed by atoms with Gasteiger partial charge in [-0.15, -0.1) is 0 Å². The van der Waals surface area contributed by atoms with Crippen molar-refractivity contribution in [3.8, 4) is 0 Å². The first-order chi connectivity index (χ1) is 14.3. The fourth-order valence-electron chi connectivity index (χ4n) is 3.34. The van der Waals surface area contributed by atoms with Crippen molar-refractivity contribution in [1.29, 1.82) is 0 Å². The lowest BCUT2D eigenvalue weighted by Gasteiger charge is -2.31. The first-order valence-electron chi connectivity index (χ1n) is 9.07. The lowest BCUT2D eigenvalue weighted by atomic mass is 9.99. The number of hydrogen-bond donors (Lipinski definition) is 1. The second kappa shape index (κ2) is 8.61. The van der Waals surface area contributed by atoms with Crippen LogP contribution in [0.5, 0.6) is 0 Å². The summed E-state index contributed by atoms with van der Waals surface area (Å²) >= 11 is 19.4. The molecule has 0 saturated carbocycles. The molecular weight excluding hydrogens is 489 g/mol. The van der Waals surface area contributed by atoms with Crippen LogP contribution in [0.25, 0.3) is 10.2 Å². The number of aromatic nitrogens is 1. The molecule has 1 aliphatic heterocycles. The average molecular weight is 505 g/mol. The van der Waals surface area contributed by atoms with Gasteiger partial charge in [0.2, 0.25) is 15.9 Å². The minimum Gasteiger partial charge on any atom is -0.302 e. The number of fused-ring (bicyclic) bond motifs is 1. The summed E-state index contributed by atoms with van der Waals surface area (Å²) in [7, 11) is -3.70. The molecule has 0 bridgehead atoms. The quantitative estimate of drug-likeness (QED) is 0.523. The monoisotopic (exact) mass is 503 g/mol. The van der Waals surface area contributed by atoms with Gasteiger partial charge in [0.1, 0.15) is 5.52 Å². The third-order valence-corrected chi connectivity index (χ3v) is 8.75. The average Bonchev–Trinajstić information content (AvgIpc) is 3.16. The van der Waals surface area contributed by atoms with E-state index in [4.69, 9.17) is 34.8 Å². The van der Waals surface area contributed by atoms with Crippen LogP contribution in [0.1, 0.15) is 12.8 Å². The maximum atomic E-state index is 12.9. The Morgan fingerprint density at radius 3 is 2.50 bits per heavy atom. The van der Waals surface area contributed by atoms with E-state index in [1.165, 1.54) is 39.9 Å². The Morgan fingerprint density at radius 2 is 1.80 bits per heavy atom. The van der Waals surface area contributed by atoms with Crippen LogP contribution >= 0.6 is 46.1 Å². The van der Waals surface area contributed by atoms with E-state index in [0.29, 0.717) is 49.8 Å². The number of nitrogens with zero attached hydrogens (tertiary/aromatic N) is 2. The number of nitrogens with one attached hydrogen (secondary N) is 1. The van der Waals surface area contributed by atoms with Crippen molar-refractivity contribution in [2.24, 2.45) is 5.92 Å². The molecule has 1 aromatic heterocycles. The number of carbonyl (C=O) groups is 1. The van der Waals surface area contributed by atoms with Crippen LogP contribution in [0.4, 0.5) is 5.13 Å². The maximum absolute atomic E-state index is 12.9. The van der Waals surface area contributed by atoms with Crippen LogP contribution in [0, 0.1) is 5.92 Å². The number of hydrogen-bond acceptors (Lipinski definition) is 5. The van der Waals surface area contributed by atoms with Gasteiger partial charge in [0.25, 0.3) is 0 Å². The minimum absolute atomic E-state index is 0.100. The molecule has 0 aliphatic carbocycles. The molecule has 1 unspecified atom stereocenters. The Labute approximate surface area is 192 Å². The molecule has 1 atom stereocenters. The standard InChI is InChI=1S/C19H16Cl3N3O3S2/c20-12-3-5-13(6-4-12)30(27,28)25-9-1-2-11(10-25)18(26)24-19-23-16-14(21)7-8-15(22)17(16)29-19/h3-8,11H,1-2,9-10H2,(H,23,24,26). The second-order valence-electron chi connectivity index (χ2n) is 6.87. The van der Waals surface area contributed by atoms with Gasteiger partial charge in [-0.2, -0.15) is 4.31 Å². The van der Waals surface area contributed by atoms with Crippen LogP contribution in [-0.4, -0.2) is 36.7 Å². The molecule has 11 heteroatoms. The highest BCUT2D eigenvalue weighted by Gasteiger charge is 2.33. The Hall–Kier alpha value is -1.42. The van der Waals surface area contributed by atoms with Gasteiger partial charge in [-0.05, 0) is 49.2 Å². The highest BCUT2D eigenvalue weighted by Crippen LogP contribution is 2.36. The fourth-order valence-corrected chi connectivity index (χ4v) is 6.41. The van der Waals surface area contributed by atoms with Gasteiger partial charge in [0.05, 0.1) is 25.6 Å². The Kier molecular flexibility index (Phi) is 6.25. The van der Waals surface area contributed by atoms with Gasteiger partial charge in [-0.1, -0.05) is 46.1 Å². The lowest BCUT2D eigenvalue weighted by molar-refractivity contribution is -0.120. The van der Waals surface area contributed by atoms with Crippen LogP contribution in [0.15, 0.2) is 41.3 Å². The minimum atomic E-state index is -3.70. The molecule has 1 saturated heterocycles.